The Morgan fingerprint density at radius 1 is 1.38 bits per heavy atom. The minimum Gasteiger partial charge on any atom is -0.476 e. The van der Waals surface area contributed by atoms with Gasteiger partial charge in [-0.25, -0.2) is 13.9 Å². The van der Waals surface area contributed by atoms with Crippen LogP contribution in [-0.2, 0) is 6.54 Å². The Bertz CT molecular complexity index is 787. The van der Waals surface area contributed by atoms with Crippen LogP contribution in [0.1, 0.15) is 16.1 Å². The lowest BCUT2D eigenvalue weighted by Gasteiger charge is -2.05. The van der Waals surface area contributed by atoms with Crippen molar-refractivity contribution in [2.45, 2.75) is 6.54 Å². The van der Waals surface area contributed by atoms with Crippen LogP contribution < -0.4 is 5.56 Å². The lowest BCUT2D eigenvalue weighted by molar-refractivity contribution is -0.385. The van der Waals surface area contributed by atoms with E-state index in [1.165, 1.54) is 0 Å². The maximum Gasteiger partial charge on any atom is 0.356 e. The van der Waals surface area contributed by atoms with Crippen molar-refractivity contribution in [1.82, 2.24) is 9.78 Å². The average molecular weight is 293 g/mol. The van der Waals surface area contributed by atoms with Crippen molar-refractivity contribution in [3.8, 4) is 0 Å². The molecule has 1 heterocycles. The number of nitro groups is 1. The number of hydrogen-bond donors (Lipinski definition) is 1. The smallest absolute Gasteiger partial charge is 0.356 e. The van der Waals surface area contributed by atoms with E-state index in [4.69, 9.17) is 5.11 Å². The number of aromatic carboxylic acids is 1. The van der Waals surface area contributed by atoms with Crippen LogP contribution in [0.2, 0.25) is 0 Å². The Morgan fingerprint density at radius 2 is 2.10 bits per heavy atom. The SMILES string of the molecule is O=C(O)c1ccc(=O)n(Cc2cc(F)cc([N+](=O)[O-])c2)n1. The molecule has 0 spiro atoms. The van der Waals surface area contributed by atoms with Gasteiger partial charge >= 0.3 is 5.97 Å². The number of rotatable bonds is 4. The van der Waals surface area contributed by atoms with Gasteiger partial charge in [-0.2, -0.15) is 5.10 Å². The number of carboxylic acids is 1. The zero-order chi connectivity index (χ0) is 15.6. The molecule has 0 aliphatic carbocycles. The molecule has 0 amide bonds. The van der Waals surface area contributed by atoms with Crippen LogP contribution in [0.25, 0.3) is 0 Å². The van der Waals surface area contributed by atoms with Crippen LogP contribution in [0.5, 0.6) is 0 Å². The van der Waals surface area contributed by atoms with E-state index < -0.39 is 28.0 Å². The van der Waals surface area contributed by atoms with Crippen LogP contribution in [0.4, 0.5) is 10.1 Å². The van der Waals surface area contributed by atoms with Gasteiger partial charge in [-0.1, -0.05) is 0 Å². The van der Waals surface area contributed by atoms with Crippen LogP contribution in [0.3, 0.4) is 0 Å². The van der Waals surface area contributed by atoms with Gasteiger partial charge in [0.1, 0.15) is 5.82 Å². The monoisotopic (exact) mass is 293 g/mol. The predicted octanol–water partition coefficient (Wildman–Crippen LogP) is 1.04. The molecule has 21 heavy (non-hydrogen) atoms. The minimum absolute atomic E-state index is 0.124. The summed E-state index contributed by atoms with van der Waals surface area (Å²) in [5.41, 5.74) is -1.31. The van der Waals surface area contributed by atoms with Crippen LogP contribution in [0, 0.1) is 15.9 Å². The summed E-state index contributed by atoms with van der Waals surface area (Å²) in [5, 5.41) is 23.0. The van der Waals surface area contributed by atoms with Gasteiger partial charge in [-0.05, 0) is 17.7 Å². The molecule has 0 fully saturated rings. The van der Waals surface area contributed by atoms with Gasteiger partial charge in [-0.15, -0.1) is 0 Å². The number of benzene rings is 1. The molecule has 0 radical (unpaired) electrons. The summed E-state index contributed by atoms with van der Waals surface area (Å²) in [7, 11) is 0. The fourth-order valence-electron chi connectivity index (χ4n) is 1.68. The minimum atomic E-state index is -1.33. The maximum atomic E-state index is 13.3. The summed E-state index contributed by atoms with van der Waals surface area (Å²) >= 11 is 0. The Labute approximate surface area is 116 Å². The molecular formula is C12H8FN3O5. The van der Waals surface area contributed by atoms with E-state index in [1.54, 1.807) is 0 Å². The number of non-ortho nitro benzene ring substituents is 1. The zero-order valence-electron chi connectivity index (χ0n) is 10.4. The fraction of sp³-hybridized carbons (Fsp3) is 0.0833. The molecule has 1 aromatic heterocycles. The Balaban J connectivity index is 2.42. The van der Waals surface area contributed by atoms with Crippen LogP contribution >= 0.6 is 0 Å². The first kappa shape index (κ1) is 14.3. The molecule has 0 bridgehead atoms. The maximum absolute atomic E-state index is 13.3. The topological polar surface area (TPSA) is 115 Å². The van der Waals surface area contributed by atoms with Crippen molar-refractivity contribution < 1.29 is 19.2 Å². The Hall–Kier alpha value is -3.10. The van der Waals surface area contributed by atoms with E-state index in [-0.39, 0.29) is 17.8 Å². The molecule has 0 aliphatic heterocycles. The van der Waals surface area contributed by atoms with E-state index in [0.29, 0.717) is 0 Å². The number of hydrogen-bond acceptors (Lipinski definition) is 5. The van der Waals surface area contributed by atoms with Gasteiger partial charge in [0.05, 0.1) is 17.5 Å². The van der Waals surface area contributed by atoms with Gasteiger partial charge < -0.3 is 5.11 Å². The largest absolute Gasteiger partial charge is 0.476 e. The first-order chi connectivity index (χ1) is 9.86. The highest BCUT2D eigenvalue weighted by atomic mass is 19.1. The molecule has 2 rings (SSSR count). The van der Waals surface area contributed by atoms with E-state index in [1.807, 2.05) is 0 Å². The summed E-state index contributed by atoms with van der Waals surface area (Å²) in [5.74, 6) is -2.16. The molecule has 0 aliphatic rings. The van der Waals surface area contributed by atoms with Crippen LogP contribution in [-0.4, -0.2) is 25.8 Å². The number of halogens is 1. The molecule has 0 saturated carbocycles. The highest BCUT2D eigenvalue weighted by Crippen LogP contribution is 2.16. The van der Waals surface area contributed by atoms with Gasteiger partial charge in [-0.3, -0.25) is 14.9 Å². The van der Waals surface area contributed by atoms with E-state index in [2.05, 4.69) is 5.10 Å². The molecule has 0 saturated heterocycles. The van der Waals surface area contributed by atoms with Crippen LogP contribution in [0.15, 0.2) is 35.1 Å². The Morgan fingerprint density at radius 3 is 2.71 bits per heavy atom. The molecule has 8 nitrogen and oxygen atoms in total. The van der Waals surface area contributed by atoms with Gasteiger partial charge in [0.2, 0.25) is 0 Å². The number of carboxylic acid groups (broad SMARTS) is 1. The lowest BCUT2D eigenvalue weighted by Crippen LogP contribution is -2.24. The molecule has 0 atom stereocenters. The molecule has 1 aromatic carbocycles. The highest BCUT2D eigenvalue weighted by Gasteiger charge is 2.12. The molecule has 1 N–H and O–H groups in total. The van der Waals surface area contributed by atoms with E-state index in [0.717, 1.165) is 35.0 Å². The molecule has 9 heteroatoms. The highest BCUT2D eigenvalue weighted by molar-refractivity contribution is 5.84. The first-order valence-electron chi connectivity index (χ1n) is 5.62. The summed E-state index contributed by atoms with van der Waals surface area (Å²) in [6.45, 7) is -0.279. The second-order valence-electron chi connectivity index (χ2n) is 4.09. The summed E-state index contributed by atoms with van der Waals surface area (Å²) in [4.78, 5) is 32.2. The summed E-state index contributed by atoms with van der Waals surface area (Å²) in [6.07, 6.45) is 0. The molecule has 2 aromatic rings. The third kappa shape index (κ3) is 3.26. The van der Waals surface area contributed by atoms with Gasteiger partial charge in [0.15, 0.2) is 5.69 Å². The number of nitrogens with zero attached hydrogens (tertiary/aromatic N) is 3. The number of nitro benzene ring substituents is 1. The van der Waals surface area contributed by atoms with Crippen molar-refractivity contribution in [3.05, 3.63) is 67.9 Å². The summed E-state index contributed by atoms with van der Waals surface area (Å²) in [6, 6.07) is 4.88. The third-order valence-electron chi connectivity index (χ3n) is 2.57. The zero-order valence-corrected chi connectivity index (χ0v) is 10.4. The van der Waals surface area contributed by atoms with Gasteiger partial charge in [0.25, 0.3) is 11.2 Å². The lowest BCUT2D eigenvalue weighted by atomic mass is 10.2. The fourth-order valence-corrected chi connectivity index (χ4v) is 1.68. The third-order valence-corrected chi connectivity index (χ3v) is 2.57. The van der Waals surface area contributed by atoms with Crippen molar-refractivity contribution in [2.24, 2.45) is 0 Å². The second-order valence-corrected chi connectivity index (χ2v) is 4.09. The van der Waals surface area contributed by atoms with Crippen molar-refractivity contribution in [2.75, 3.05) is 0 Å². The normalized spacial score (nSPS) is 10.3. The summed E-state index contributed by atoms with van der Waals surface area (Å²) < 4.78 is 14.1. The first-order valence-corrected chi connectivity index (χ1v) is 5.62. The van der Waals surface area contributed by atoms with Crippen molar-refractivity contribution in [1.29, 1.82) is 0 Å². The molecular weight excluding hydrogens is 285 g/mol. The average Bonchev–Trinajstić information content (AvgIpc) is 2.40. The Kier molecular flexibility index (Phi) is 3.74. The standard InChI is InChI=1S/C12H8FN3O5/c13-8-3-7(4-9(5-8)16(20)21)6-15-11(17)2-1-10(14-15)12(18)19/h1-5H,6H2,(H,18,19). The number of carbonyl (C=O) groups is 1. The second kappa shape index (κ2) is 5.49. The van der Waals surface area contributed by atoms with Crippen molar-refractivity contribution in [3.63, 3.8) is 0 Å². The van der Waals surface area contributed by atoms with Crippen molar-refractivity contribution >= 4 is 11.7 Å². The predicted molar refractivity (Wildman–Crippen MR) is 67.6 cm³/mol. The quantitative estimate of drug-likeness (QED) is 0.665. The molecule has 0 unspecified atom stereocenters. The van der Waals surface area contributed by atoms with E-state index >= 15 is 0 Å². The van der Waals surface area contributed by atoms with E-state index in [9.17, 15) is 24.1 Å². The van der Waals surface area contributed by atoms with Gasteiger partial charge in [0, 0.05) is 12.1 Å². The molecule has 108 valence electrons. The number of aromatic nitrogens is 2.